The molecule has 13 heavy (non-hydrogen) atoms. The van der Waals surface area contributed by atoms with Crippen molar-refractivity contribution in [2.45, 2.75) is 0 Å². The fourth-order valence-electron chi connectivity index (χ4n) is 1.34. The maximum Gasteiger partial charge on any atom is 0.0578 e. The number of benzene rings is 1. The number of rotatable bonds is 2. The van der Waals surface area contributed by atoms with Crippen LogP contribution in [0, 0.1) is 0 Å². The van der Waals surface area contributed by atoms with Gasteiger partial charge in [0.25, 0.3) is 0 Å². The molecule has 0 aliphatic rings. The Balaban J connectivity index is 2.51. The Labute approximate surface area is 76.6 Å². The van der Waals surface area contributed by atoms with Crippen LogP contribution in [0.4, 0.5) is 5.69 Å². The van der Waals surface area contributed by atoms with Crippen LogP contribution in [0.5, 0.6) is 0 Å². The molecule has 0 saturated heterocycles. The van der Waals surface area contributed by atoms with Crippen molar-refractivity contribution in [3.63, 3.8) is 0 Å². The van der Waals surface area contributed by atoms with Gasteiger partial charge in [-0.1, -0.05) is 18.2 Å². The minimum Gasteiger partial charge on any atom is -0.361 e. The smallest absolute Gasteiger partial charge is 0.0578 e. The monoisotopic (exact) mass is 173 g/mol. The topological polar surface area (TPSA) is 53.8 Å². The van der Waals surface area contributed by atoms with E-state index in [1.807, 2.05) is 42.6 Å². The van der Waals surface area contributed by atoms with Gasteiger partial charge in [0.1, 0.15) is 0 Å². The second-order valence-electron chi connectivity index (χ2n) is 2.77. The average Bonchev–Trinajstić information content (AvgIpc) is 2.70. The molecular weight excluding hydrogens is 162 g/mol. The Morgan fingerprint density at radius 1 is 1.08 bits per heavy atom. The fourth-order valence-corrected chi connectivity index (χ4v) is 1.34. The molecule has 66 valence electrons. The van der Waals surface area contributed by atoms with Crippen LogP contribution in [0.3, 0.4) is 0 Å². The Bertz CT molecular complexity index is 379. The molecule has 0 spiro atoms. The van der Waals surface area contributed by atoms with E-state index in [0.717, 1.165) is 16.9 Å². The lowest BCUT2D eigenvalue weighted by Crippen LogP contribution is -2.07. The second kappa shape index (κ2) is 3.33. The molecule has 0 aliphatic carbocycles. The molecule has 0 saturated carbocycles. The summed E-state index contributed by atoms with van der Waals surface area (Å²) in [7, 11) is 0. The van der Waals surface area contributed by atoms with E-state index in [-0.39, 0.29) is 0 Å². The molecule has 3 nitrogen and oxygen atoms in total. The van der Waals surface area contributed by atoms with Crippen molar-refractivity contribution >= 4 is 5.69 Å². The van der Waals surface area contributed by atoms with Gasteiger partial charge in [-0.25, -0.2) is 0 Å². The number of nitrogens with two attached hydrogens (primary N) is 1. The number of aromatic nitrogens is 1. The zero-order valence-electron chi connectivity index (χ0n) is 7.12. The Kier molecular flexibility index (Phi) is 2.02. The third-order valence-corrected chi connectivity index (χ3v) is 1.97. The number of hydrogen-bond donors (Lipinski definition) is 3. The van der Waals surface area contributed by atoms with Gasteiger partial charge < -0.3 is 10.4 Å². The number of aromatic amines is 1. The summed E-state index contributed by atoms with van der Waals surface area (Å²) >= 11 is 0. The maximum absolute atomic E-state index is 5.39. The first-order valence-electron chi connectivity index (χ1n) is 4.11. The van der Waals surface area contributed by atoms with Gasteiger partial charge in [0.05, 0.1) is 5.69 Å². The molecule has 0 amide bonds. The SMILES string of the molecule is NNc1ccccc1-c1ccc[nH]1. The molecular formula is C10H11N3. The van der Waals surface area contributed by atoms with Gasteiger partial charge in [-0.05, 0) is 18.2 Å². The minimum atomic E-state index is 0.921. The molecule has 2 aromatic rings. The van der Waals surface area contributed by atoms with Crippen LogP contribution >= 0.6 is 0 Å². The van der Waals surface area contributed by atoms with Crippen LogP contribution in [-0.2, 0) is 0 Å². The van der Waals surface area contributed by atoms with Crippen molar-refractivity contribution in [1.82, 2.24) is 4.98 Å². The highest BCUT2D eigenvalue weighted by Crippen LogP contribution is 2.24. The fraction of sp³-hybridized carbons (Fsp3) is 0. The zero-order chi connectivity index (χ0) is 9.10. The lowest BCUT2D eigenvalue weighted by Gasteiger charge is -2.05. The molecule has 2 rings (SSSR count). The van der Waals surface area contributed by atoms with E-state index in [9.17, 15) is 0 Å². The Morgan fingerprint density at radius 2 is 1.92 bits per heavy atom. The van der Waals surface area contributed by atoms with Crippen LogP contribution in [0.2, 0.25) is 0 Å². The highest BCUT2D eigenvalue weighted by Gasteiger charge is 2.02. The van der Waals surface area contributed by atoms with Crippen LogP contribution in [0.25, 0.3) is 11.3 Å². The third-order valence-electron chi connectivity index (χ3n) is 1.97. The number of H-pyrrole nitrogens is 1. The van der Waals surface area contributed by atoms with Gasteiger partial charge in [0.2, 0.25) is 0 Å². The molecule has 0 bridgehead atoms. The van der Waals surface area contributed by atoms with E-state index in [2.05, 4.69) is 10.4 Å². The lowest BCUT2D eigenvalue weighted by molar-refractivity contribution is 1.33. The number of nitrogen functional groups attached to an aromatic ring is 1. The largest absolute Gasteiger partial charge is 0.361 e. The predicted molar refractivity (Wildman–Crippen MR) is 54.0 cm³/mol. The summed E-state index contributed by atoms with van der Waals surface area (Å²) in [4.78, 5) is 3.13. The van der Waals surface area contributed by atoms with Gasteiger partial charge in [-0.2, -0.15) is 0 Å². The second-order valence-corrected chi connectivity index (χ2v) is 2.77. The van der Waals surface area contributed by atoms with Gasteiger partial charge in [-0.15, -0.1) is 0 Å². The summed E-state index contributed by atoms with van der Waals surface area (Å²) < 4.78 is 0. The molecule has 0 aliphatic heterocycles. The van der Waals surface area contributed by atoms with E-state index < -0.39 is 0 Å². The minimum absolute atomic E-state index is 0.921. The van der Waals surface area contributed by atoms with E-state index in [0.29, 0.717) is 0 Å². The van der Waals surface area contributed by atoms with E-state index in [1.54, 1.807) is 0 Å². The standard InChI is InChI=1S/C10H11N3/c11-13-10-5-2-1-4-8(10)9-6-3-7-12-9/h1-7,12-13H,11H2. The molecule has 0 unspecified atom stereocenters. The van der Waals surface area contributed by atoms with Crippen LogP contribution in [-0.4, -0.2) is 4.98 Å². The van der Waals surface area contributed by atoms with Crippen LogP contribution < -0.4 is 11.3 Å². The summed E-state index contributed by atoms with van der Waals surface area (Å²) in [6.45, 7) is 0. The van der Waals surface area contributed by atoms with Crippen molar-refractivity contribution in [2.75, 3.05) is 5.43 Å². The Hall–Kier alpha value is -1.74. The van der Waals surface area contributed by atoms with E-state index >= 15 is 0 Å². The molecule has 0 fully saturated rings. The molecule has 1 aromatic carbocycles. The number of anilines is 1. The molecule has 1 aromatic heterocycles. The van der Waals surface area contributed by atoms with E-state index in [4.69, 9.17) is 5.84 Å². The maximum atomic E-state index is 5.39. The highest BCUT2D eigenvalue weighted by molar-refractivity contribution is 5.75. The average molecular weight is 173 g/mol. The van der Waals surface area contributed by atoms with E-state index in [1.165, 1.54) is 0 Å². The zero-order valence-corrected chi connectivity index (χ0v) is 7.12. The molecule has 4 N–H and O–H groups in total. The van der Waals surface area contributed by atoms with Crippen molar-refractivity contribution in [3.05, 3.63) is 42.6 Å². The van der Waals surface area contributed by atoms with Crippen molar-refractivity contribution in [1.29, 1.82) is 0 Å². The lowest BCUT2D eigenvalue weighted by atomic mass is 10.1. The Morgan fingerprint density at radius 3 is 2.62 bits per heavy atom. The molecule has 3 heteroatoms. The predicted octanol–water partition coefficient (Wildman–Crippen LogP) is 1.97. The quantitative estimate of drug-likeness (QED) is 0.480. The van der Waals surface area contributed by atoms with Gasteiger partial charge in [-0.3, -0.25) is 5.84 Å². The molecule has 1 heterocycles. The molecule has 0 atom stereocenters. The van der Waals surface area contributed by atoms with Crippen molar-refractivity contribution in [3.8, 4) is 11.3 Å². The summed E-state index contributed by atoms with van der Waals surface area (Å²) in [5.74, 6) is 5.39. The highest BCUT2D eigenvalue weighted by atomic mass is 15.2. The first-order valence-corrected chi connectivity index (χ1v) is 4.11. The third kappa shape index (κ3) is 1.41. The first-order chi connectivity index (χ1) is 6.42. The van der Waals surface area contributed by atoms with Crippen LogP contribution in [0.15, 0.2) is 42.6 Å². The summed E-state index contributed by atoms with van der Waals surface area (Å²) in [6.07, 6.45) is 1.89. The summed E-state index contributed by atoms with van der Waals surface area (Å²) in [5, 5.41) is 0. The normalized spacial score (nSPS) is 9.92. The summed E-state index contributed by atoms with van der Waals surface area (Å²) in [5.41, 5.74) is 5.73. The first kappa shape index (κ1) is 7.89. The number of hydrogen-bond acceptors (Lipinski definition) is 2. The van der Waals surface area contributed by atoms with Crippen molar-refractivity contribution in [2.24, 2.45) is 5.84 Å². The van der Waals surface area contributed by atoms with Gasteiger partial charge in [0.15, 0.2) is 0 Å². The van der Waals surface area contributed by atoms with Gasteiger partial charge in [0, 0.05) is 17.5 Å². The summed E-state index contributed by atoms with van der Waals surface area (Å²) in [6, 6.07) is 11.9. The van der Waals surface area contributed by atoms with Crippen LogP contribution in [0.1, 0.15) is 0 Å². The molecule has 0 radical (unpaired) electrons. The van der Waals surface area contributed by atoms with Crippen molar-refractivity contribution < 1.29 is 0 Å². The number of hydrazine groups is 1. The number of nitrogens with one attached hydrogen (secondary N) is 2. The van der Waals surface area contributed by atoms with Gasteiger partial charge >= 0.3 is 0 Å². The number of para-hydroxylation sites is 1.